The molecule has 2 N–H and O–H groups in total. The Kier molecular flexibility index (Phi) is 5.63. The van der Waals surface area contributed by atoms with E-state index in [4.69, 9.17) is 10.5 Å². The van der Waals surface area contributed by atoms with Crippen LogP contribution in [0.25, 0.3) is 0 Å². The minimum Gasteiger partial charge on any atom is -0.492 e. The van der Waals surface area contributed by atoms with Crippen LogP contribution in [0.1, 0.15) is 12.5 Å². The highest BCUT2D eigenvalue weighted by Crippen LogP contribution is 2.11. The molecule has 1 aliphatic heterocycles. The highest BCUT2D eigenvalue weighted by Gasteiger charge is 2.14. The predicted octanol–water partition coefficient (Wildman–Crippen LogP) is 1.16. The number of piperazine rings is 1. The Hall–Kier alpha value is -1.10. The van der Waals surface area contributed by atoms with Gasteiger partial charge in [0.25, 0.3) is 0 Å². The number of likely N-dealkylation sites (N-methyl/N-ethyl adjacent to an activating group) is 1. The zero-order chi connectivity index (χ0) is 13.5. The van der Waals surface area contributed by atoms with Crippen molar-refractivity contribution in [1.29, 1.82) is 0 Å². The van der Waals surface area contributed by atoms with Crippen LogP contribution in [0.4, 0.5) is 0 Å². The lowest BCUT2D eigenvalue weighted by Gasteiger charge is -2.33. The highest BCUT2D eigenvalue weighted by atomic mass is 16.5. The van der Waals surface area contributed by atoms with Crippen LogP contribution in [0.15, 0.2) is 24.3 Å². The van der Waals surface area contributed by atoms with Gasteiger partial charge in [0.1, 0.15) is 12.4 Å². The van der Waals surface area contributed by atoms with Crippen LogP contribution >= 0.6 is 0 Å². The zero-order valence-electron chi connectivity index (χ0n) is 11.8. The molecule has 1 saturated heterocycles. The van der Waals surface area contributed by atoms with Crippen molar-refractivity contribution in [2.75, 3.05) is 45.9 Å². The van der Waals surface area contributed by atoms with Gasteiger partial charge >= 0.3 is 0 Å². The maximum absolute atomic E-state index is 5.77. The summed E-state index contributed by atoms with van der Waals surface area (Å²) in [4.78, 5) is 4.96. The number of nitrogens with two attached hydrogens (primary N) is 1. The average Bonchev–Trinajstić information content (AvgIpc) is 2.49. The number of benzene rings is 1. The molecule has 19 heavy (non-hydrogen) atoms. The maximum atomic E-state index is 5.77. The molecule has 0 spiro atoms. The standard InChI is InChI=1S/C15H25N3O/c1-2-17-7-9-18(10-8-17)11-12-19-15-5-3-14(13-16)4-6-15/h3-6H,2,7-13,16H2,1H3. The monoisotopic (exact) mass is 263 g/mol. The summed E-state index contributed by atoms with van der Waals surface area (Å²) in [5.74, 6) is 0.935. The first kappa shape index (κ1) is 14.3. The molecule has 4 heteroatoms. The van der Waals surface area contributed by atoms with Crippen LogP contribution in [-0.2, 0) is 6.54 Å². The largest absolute Gasteiger partial charge is 0.492 e. The molecular weight excluding hydrogens is 238 g/mol. The second kappa shape index (κ2) is 7.48. The van der Waals surface area contributed by atoms with Crippen molar-refractivity contribution in [3.05, 3.63) is 29.8 Å². The SMILES string of the molecule is CCN1CCN(CCOc2ccc(CN)cc2)CC1. The Morgan fingerprint density at radius 2 is 1.68 bits per heavy atom. The van der Waals surface area contributed by atoms with Gasteiger partial charge < -0.3 is 15.4 Å². The van der Waals surface area contributed by atoms with Crippen molar-refractivity contribution in [3.63, 3.8) is 0 Å². The normalized spacial score (nSPS) is 17.6. The average molecular weight is 263 g/mol. The topological polar surface area (TPSA) is 41.7 Å². The van der Waals surface area contributed by atoms with Crippen LogP contribution in [0, 0.1) is 0 Å². The van der Waals surface area contributed by atoms with Gasteiger partial charge in [-0.3, -0.25) is 4.90 Å². The van der Waals surface area contributed by atoms with Gasteiger partial charge in [0.2, 0.25) is 0 Å². The molecule has 0 amide bonds. The van der Waals surface area contributed by atoms with E-state index >= 15 is 0 Å². The third kappa shape index (κ3) is 4.49. The van der Waals surface area contributed by atoms with E-state index in [1.807, 2.05) is 24.3 Å². The fourth-order valence-corrected chi connectivity index (χ4v) is 2.34. The lowest BCUT2D eigenvalue weighted by molar-refractivity contribution is 0.121. The molecule has 1 aromatic rings. The quantitative estimate of drug-likeness (QED) is 0.836. The molecule has 1 aliphatic rings. The van der Waals surface area contributed by atoms with E-state index in [2.05, 4.69) is 16.7 Å². The summed E-state index contributed by atoms with van der Waals surface area (Å²) in [5, 5.41) is 0. The summed E-state index contributed by atoms with van der Waals surface area (Å²) in [6.07, 6.45) is 0. The second-order valence-electron chi connectivity index (χ2n) is 4.97. The van der Waals surface area contributed by atoms with E-state index in [9.17, 15) is 0 Å². The molecule has 1 heterocycles. The van der Waals surface area contributed by atoms with Gasteiger partial charge in [0.15, 0.2) is 0 Å². The number of ether oxygens (including phenoxy) is 1. The van der Waals surface area contributed by atoms with E-state index in [0.717, 1.165) is 44.1 Å². The molecular formula is C15H25N3O. The third-order valence-electron chi connectivity index (χ3n) is 3.75. The van der Waals surface area contributed by atoms with Crippen molar-refractivity contribution in [2.24, 2.45) is 5.73 Å². The van der Waals surface area contributed by atoms with Gasteiger partial charge in [0, 0.05) is 39.3 Å². The lowest BCUT2D eigenvalue weighted by Crippen LogP contribution is -2.47. The predicted molar refractivity (Wildman–Crippen MR) is 78.4 cm³/mol. The number of hydrogen-bond acceptors (Lipinski definition) is 4. The summed E-state index contributed by atoms with van der Waals surface area (Å²) in [5.41, 5.74) is 6.71. The summed E-state index contributed by atoms with van der Waals surface area (Å²) in [6.45, 7) is 10.4. The molecule has 1 fully saturated rings. The van der Waals surface area contributed by atoms with Gasteiger partial charge in [-0.1, -0.05) is 19.1 Å². The van der Waals surface area contributed by atoms with Crippen molar-refractivity contribution < 1.29 is 4.74 Å². The summed E-state index contributed by atoms with van der Waals surface area (Å²) in [6, 6.07) is 8.04. The van der Waals surface area contributed by atoms with E-state index < -0.39 is 0 Å². The minimum absolute atomic E-state index is 0.585. The lowest BCUT2D eigenvalue weighted by atomic mass is 10.2. The Bertz CT molecular complexity index is 358. The van der Waals surface area contributed by atoms with E-state index in [0.29, 0.717) is 6.54 Å². The fraction of sp³-hybridized carbons (Fsp3) is 0.600. The maximum Gasteiger partial charge on any atom is 0.119 e. The van der Waals surface area contributed by atoms with Gasteiger partial charge in [-0.05, 0) is 24.2 Å². The van der Waals surface area contributed by atoms with Crippen LogP contribution in [0.3, 0.4) is 0 Å². The van der Waals surface area contributed by atoms with Crippen LogP contribution in [0.5, 0.6) is 5.75 Å². The summed E-state index contributed by atoms with van der Waals surface area (Å²) in [7, 11) is 0. The van der Waals surface area contributed by atoms with Crippen LogP contribution in [0.2, 0.25) is 0 Å². The Morgan fingerprint density at radius 1 is 1.05 bits per heavy atom. The molecule has 1 aromatic carbocycles. The second-order valence-corrected chi connectivity index (χ2v) is 4.97. The Balaban J connectivity index is 1.66. The van der Waals surface area contributed by atoms with Gasteiger partial charge in [-0.25, -0.2) is 0 Å². The van der Waals surface area contributed by atoms with E-state index in [1.165, 1.54) is 13.1 Å². The first-order valence-electron chi connectivity index (χ1n) is 7.18. The number of hydrogen-bond donors (Lipinski definition) is 1. The molecule has 0 aliphatic carbocycles. The molecule has 0 radical (unpaired) electrons. The first-order valence-corrected chi connectivity index (χ1v) is 7.18. The Labute approximate surface area is 116 Å². The molecule has 0 atom stereocenters. The Morgan fingerprint density at radius 3 is 2.26 bits per heavy atom. The van der Waals surface area contributed by atoms with Gasteiger partial charge in [-0.2, -0.15) is 0 Å². The van der Waals surface area contributed by atoms with Crippen molar-refractivity contribution in [2.45, 2.75) is 13.5 Å². The molecule has 0 bridgehead atoms. The molecule has 0 aromatic heterocycles. The van der Waals surface area contributed by atoms with E-state index in [1.54, 1.807) is 0 Å². The van der Waals surface area contributed by atoms with E-state index in [-0.39, 0.29) is 0 Å². The molecule has 106 valence electrons. The molecule has 0 saturated carbocycles. The molecule has 4 nitrogen and oxygen atoms in total. The summed E-state index contributed by atoms with van der Waals surface area (Å²) < 4.78 is 5.77. The smallest absolute Gasteiger partial charge is 0.119 e. The first-order chi connectivity index (χ1) is 9.31. The van der Waals surface area contributed by atoms with Crippen molar-refractivity contribution in [3.8, 4) is 5.75 Å². The summed E-state index contributed by atoms with van der Waals surface area (Å²) >= 11 is 0. The highest BCUT2D eigenvalue weighted by molar-refractivity contribution is 5.27. The number of rotatable bonds is 6. The molecule has 0 unspecified atom stereocenters. The minimum atomic E-state index is 0.585. The van der Waals surface area contributed by atoms with Gasteiger partial charge in [0.05, 0.1) is 0 Å². The van der Waals surface area contributed by atoms with Crippen molar-refractivity contribution >= 4 is 0 Å². The van der Waals surface area contributed by atoms with Gasteiger partial charge in [-0.15, -0.1) is 0 Å². The third-order valence-corrected chi connectivity index (χ3v) is 3.75. The zero-order valence-corrected chi connectivity index (χ0v) is 11.8. The van der Waals surface area contributed by atoms with Crippen LogP contribution < -0.4 is 10.5 Å². The fourth-order valence-electron chi connectivity index (χ4n) is 2.34. The van der Waals surface area contributed by atoms with Crippen molar-refractivity contribution in [1.82, 2.24) is 9.80 Å². The molecule has 2 rings (SSSR count). The van der Waals surface area contributed by atoms with Crippen LogP contribution in [-0.4, -0.2) is 55.7 Å². The number of nitrogens with zero attached hydrogens (tertiary/aromatic N) is 2.